The highest BCUT2D eigenvalue weighted by atomic mass is 19.1. The monoisotopic (exact) mass is 333 g/mol. The number of nitro benzene ring substituents is 1. The standard InChI is InChI=1S/C16H13F2N3O3/c17-10-2-6-13(12(18)8-10)20-16(22)9-1-5-14(19-11-3-4-11)15(7-9)21(23)24/h1-2,5-8,11,19H,3-4H2,(H,20,22). The fourth-order valence-corrected chi connectivity index (χ4v) is 2.18. The Balaban J connectivity index is 1.83. The average molecular weight is 333 g/mol. The molecule has 24 heavy (non-hydrogen) atoms. The molecule has 6 nitrogen and oxygen atoms in total. The van der Waals surface area contributed by atoms with Gasteiger partial charge >= 0.3 is 0 Å². The highest BCUT2D eigenvalue weighted by Crippen LogP contribution is 2.31. The summed E-state index contributed by atoms with van der Waals surface area (Å²) >= 11 is 0. The van der Waals surface area contributed by atoms with Crippen LogP contribution in [0.2, 0.25) is 0 Å². The summed E-state index contributed by atoms with van der Waals surface area (Å²) in [5, 5.41) is 16.5. The van der Waals surface area contributed by atoms with Crippen LogP contribution in [0.5, 0.6) is 0 Å². The lowest BCUT2D eigenvalue weighted by atomic mass is 10.1. The minimum absolute atomic E-state index is 0.00627. The smallest absolute Gasteiger partial charge is 0.293 e. The number of amides is 1. The van der Waals surface area contributed by atoms with Gasteiger partial charge in [-0.25, -0.2) is 8.78 Å². The van der Waals surface area contributed by atoms with Crippen molar-refractivity contribution >= 4 is 23.0 Å². The van der Waals surface area contributed by atoms with Crippen LogP contribution in [-0.2, 0) is 0 Å². The summed E-state index contributed by atoms with van der Waals surface area (Å²) in [7, 11) is 0. The number of rotatable bonds is 5. The van der Waals surface area contributed by atoms with E-state index in [-0.39, 0.29) is 23.0 Å². The summed E-state index contributed by atoms with van der Waals surface area (Å²) in [6, 6.07) is 6.93. The Labute approximate surface area is 135 Å². The predicted octanol–water partition coefficient (Wildman–Crippen LogP) is 3.70. The first-order valence-corrected chi connectivity index (χ1v) is 7.25. The number of anilines is 2. The van der Waals surface area contributed by atoms with Crippen molar-refractivity contribution < 1.29 is 18.5 Å². The quantitative estimate of drug-likeness (QED) is 0.645. The number of hydrogen-bond donors (Lipinski definition) is 2. The molecule has 2 N–H and O–H groups in total. The topological polar surface area (TPSA) is 84.3 Å². The molecule has 0 saturated heterocycles. The Morgan fingerprint density at radius 1 is 1.12 bits per heavy atom. The molecular formula is C16H13F2N3O3. The van der Waals surface area contributed by atoms with Crippen molar-refractivity contribution in [2.45, 2.75) is 18.9 Å². The number of nitro groups is 1. The zero-order valence-corrected chi connectivity index (χ0v) is 12.4. The minimum Gasteiger partial charge on any atom is -0.377 e. The first kappa shape index (κ1) is 15.9. The van der Waals surface area contributed by atoms with E-state index in [2.05, 4.69) is 10.6 Å². The molecule has 0 bridgehead atoms. The molecule has 0 aliphatic heterocycles. The van der Waals surface area contributed by atoms with E-state index in [1.165, 1.54) is 12.1 Å². The van der Waals surface area contributed by atoms with E-state index < -0.39 is 22.5 Å². The van der Waals surface area contributed by atoms with Crippen LogP contribution >= 0.6 is 0 Å². The Kier molecular flexibility index (Phi) is 4.11. The second-order valence-corrected chi connectivity index (χ2v) is 5.49. The van der Waals surface area contributed by atoms with E-state index in [1.54, 1.807) is 0 Å². The molecule has 0 radical (unpaired) electrons. The van der Waals surface area contributed by atoms with Crippen molar-refractivity contribution in [2.24, 2.45) is 0 Å². The molecule has 1 saturated carbocycles. The molecule has 1 amide bonds. The Bertz CT molecular complexity index is 822. The van der Waals surface area contributed by atoms with Gasteiger partial charge < -0.3 is 10.6 Å². The Morgan fingerprint density at radius 3 is 2.46 bits per heavy atom. The van der Waals surface area contributed by atoms with E-state index in [4.69, 9.17) is 0 Å². The summed E-state index contributed by atoms with van der Waals surface area (Å²) in [6.45, 7) is 0. The van der Waals surface area contributed by atoms with Gasteiger partial charge in [-0.15, -0.1) is 0 Å². The molecule has 0 atom stereocenters. The number of nitrogens with one attached hydrogen (secondary N) is 2. The molecule has 3 rings (SSSR count). The van der Waals surface area contributed by atoms with Crippen molar-refractivity contribution in [3.8, 4) is 0 Å². The van der Waals surface area contributed by atoms with Gasteiger partial charge in [0.25, 0.3) is 11.6 Å². The predicted molar refractivity (Wildman–Crippen MR) is 84.1 cm³/mol. The van der Waals surface area contributed by atoms with Crippen molar-refractivity contribution in [3.05, 3.63) is 63.7 Å². The van der Waals surface area contributed by atoms with Gasteiger partial charge in [0.05, 0.1) is 10.6 Å². The van der Waals surface area contributed by atoms with Crippen LogP contribution in [0.3, 0.4) is 0 Å². The molecular weight excluding hydrogens is 320 g/mol. The zero-order chi connectivity index (χ0) is 17.3. The van der Waals surface area contributed by atoms with E-state index >= 15 is 0 Å². The highest BCUT2D eigenvalue weighted by Gasteiger charge is 2.25. The molecule has 0 unspecified atom stereocenters. The first-order chi connectivity index (χ1) is 11.4. The molecule has 1 aliphatic rings. The molecule has 2 aromatic carbocycles. The van der Waals surface area contributed by atoms with Crippen LogP contribution in [0.1, 0.15) is 23.2 Å². The molecule has 2 aromatic rings. The maximum Gasteiger partial charge on any atom is 0.293 e. The van der Waals surface area contributed by atoms with Crippen LogP contribution < -0.4 is 10.6 Å². The van der Waals surface area contributed by atoms with Crippen LogP contribution in [0.15, 0.2) is 36.4 Å². The third-order valence-electron chi connectivity index (χ3n) is 3.57. The third-order valence-corrected chi connectivity index (χ3v) is 3.57. The summed E-state index contributed by atoms with van der Waals surface area (Å²) in [6.07, 6.45) is 1.90. The van der Waals surface area contributed by atoms with Crippen LogP contribution in [0.4, 0.5) is 25.8 Å². The normalized spacial score (nSPS) is 13.4. The van der Waals surface area contributed by atoms with Crippen molar-refractivity contribution in [2.75, 3.05) is 10.6 Å². The fraction of sp³-hybridized carbons (Fsp3) is 0.188. The molecule has 0 aromatic heterocycles. The third kappa shape index (κ3) is 3.48. The van der Waals surface area contributed by atoms with Gasteiger partial charge in [0.15, 0.2) is 0 Å². The van der Waals surface area contributed by atoms with Gasteiger partial charge in [0, 0.05) is 23.7 Å². The fourth-order valence-electron chi connectivity index (χ4n) is 2.18. The second-order valence-electron chi connectivity index (χ2n) is 5.49. The van der Waals surface area contributed by atoms with E-state index in [1.807, 2.05) is 0 Å². The van der Waals surface area contributed by atoms with Gasteiger partial charge in [-0.1, -0.05) is 0 Å². The lowest BCUT2D eigenvalue weighted by Gasteiger charge is -2.09. The molecule has 8 heteroatoms. The number of hydrogen-bond acceptors (Lipinski definition) is 4. The number of carbonyl (C=O) groups excluding carboxylic acids is 1. The lowest BCUT2D eigenvalue weighted by Crippen LogP contribution is -2.14. The summed E-state index contributed by atoms with van der Waals surface area (Å²) < 4.78 is 26.4. The molecule has 0 heterocycles. The van der Waals surface area contributed by atoms with Gasteiger partial charge in [0.1, 0.15) is 17.3 Å². The SMILES string of the molecule is O=C(Nc1ccc(F)cc1F)c1ccc(NC2CC2)c([N+](=O)[O-])c1. The van der Waals surface area contributed by atoms with Crippen LogP contribution in [0.25, 0.3) is 0 Å². The first-order valence-electron chi connectivity index (χ1n) is 7.25. The maximum absolute atomic E-state index is 13.6. The van der Waals surface area contributed by atoms with E-state index in [9.17, 15) is 23.7 Å². The summed E-state index contributed by atoms with van der Waals surface area (Å²) in [4.78, 5) is 22.8. The summed E-state index contributed by atoms with van der Waals surface area (Å²) in [5.41, 5.74) is -0.0860. The number of benzene rings is 2. The largest absolute Gasteiger partial charge is 0.377 e. The number of carbonyl (C=O) groups is 1. The van der Waals surface area contributed by atoms with Gasteiger partial charge in [0.2, 0.25) is 0 Å². The number of nitrogens with zero attached hydrogens (tertiary/aromatic N) is 1. The zero-order valence-electron chi connectivity index (χ0n) is 12.4. The maximum atomic E-state index is 13.6. The van der Waals surface area contributed by atoms with Gasteiger partial charge in [-0.05, 0) is 37.1 Å². The number of halogens is 2. The lowest BCUT2D eigenvalue weighted by molar-refractivity contribution is -0.384. The van der Waals surface area contributed by atoms with Crippen LogP contribution in [0, 0.1) is 21.7 Å². The Morgan fingerprint density at radius 2 is 1.83 bits per heavy atom. The van der Waals surface area contributed by atoms with Gasteiger partial charge in [-0.2, -0.15) is 0 Å². The average Bonchev–Trinajstić information content (AvgIpc) is 3.34. The molecule has 1 fully saturated rings. The van der Waals surface area contributed by atoms with Crippen molar-refractivity contribution in [1.29, 1.82) is 0 Å². The summed E-state index contributed by atoms with van der Waals surface area (Å²) in [5.74, 6) is -2.41. The van der Waals surface area contributed by atoms with Gasteiger partial charge in [-0.3, -0.25) is 14.9 Å². The minimum atomic E-state index is -0.926. The molecule has 124 valence electrons. The molecule has 0 spiro atoms. The highest BCUT2D eigenvalue weighted by molar-refractivity contribution is 6.05. The van der Waals surface area contributed by atoms with E-state index in [0.29, 0.717) is 11.8 Å². The molecule has 1 aliphatic carbocycles. The second kappa shape index (κ2) is 6.23. The van der Waals surface area contributed by atoms with Crippen LogP contribution in [-0.4, -0.2) is 16.9 Å². The van der Waals surface area contributed by atoms with Crippen molar-refractivity contribution in [3.63, 3.8) is 0 Å². The van der Waals surface area contributed by atoms with E-state index in [0.717, 1.165) is 31.0 Å². The van der Waals surface area contributed by atoms with Crippen molar-refractivity contribution in [1.82, 2.24) is 0 Å². The Hall–Kier alpha value is -3.03.